The van der Waals surface area contributed by atoms with E-state index in [2.05, 4.69) is 16.7 Å². The van der Waals surface area contributed by atoms with Crippen molar-refractivity contribution in [2.75, 3.05) is 12.4 Å². The molecule has 11 heteroatoms. The van der Waals surface area contributed by atoms with Gasteiger partial charge in [-0.05, 0) is 53.8 Å². The predicted octanol–water partition coefficient (Wildman–Crippen LogP) is 6.94. The van der Waals surface area contributed by atoms with Crippen LogP contribution in [-0.2, 0) is 10.2 Å². The molecule has 7 nitrogen and oxygen atoms in total. The summed E-state index contributed by atoms with van der Waals surface area (Å²) in [6.45, 7) is 5.67. The molecular formula is C31H29Cl2F2N3O4. The van der Waals surface area contributed by atoms with E-state index >= 15 is 8.78 Å². The van der Waals surface area contributed by atoms with Crippen molar-refractivity contribution < 1.29 is 32.3 Å². The topological polar surface area (TPSA) is 111 Å². The van der Waals surface area contributed by atoms with Crippen LogP contribution in [-0.4, -0.2) is 36.1 Å². The first-order chi connectivity index (χ1) is 20.9. The molecule has 4 atom stereocenters. The number of carboxylic acids is 1. The summed E-state index contributed by atoms with van der Waals surface area (Å²) in [7, 11) is -3.01. The molecule has 1 saturated heterocycles. The zero-order chi connectivity index (χ0) is 33.5. The van der Waals surface area contributed by atoms with Crippen LogP contribution in [0.15, 0.2) is 54.6 Å². The van der Waals surface area contributed by atoms with Gasteiger partial charge in [-0.1, -0.05) is 62.2 Å². The van der Waals surface area contributed by atoms with Gasteiger partial charge in [0.1, 0.15) is 22.8 Å². The first-order valence-electron chi connectivity index (χ1n) is 14.3. The van der Waals surface area contributed by atoms with Crippen molar-refractivity contribution >= 4 is 40.8 Å². The maximum Gasteiger partial charge on any atom is 0.335 e. The number of methoxy groups -OCH3 is 1. The molecule has 3 aromatic rings. The molecular weight excluding hydrogens is 587 g/mol. The number of anilines is 1. The highest BCUT2D eigenvalue weighted by Crippen LogP contribution is 2.53. The minimum atomic E-state index is -3.01. The predicted molar refractivity (Wildman–Crippen MR) is 156 cm³/mol. The molecule has 1 heterocycles. The number of carboxylic acid groups (broad SMARTS) is 1. The standard InChI is InChI=1S/C31H29Cl2F2N3O4/c1-30(2,3)14-24-31(15-36,19-10-9-17(32)13-21(19)34)25(18-6-5-7-20(33)26(18)35)27(38-24)28(39)37-22-11-8-16(29(40)41)12-23(22)42-4/h5-13,24-25,27,38H,14H2,1-4H3,(H,37,39)(H,40,41)/t24-,25-,27+,31-/m0/s1/i4D3. The average molecular weight is 620 g/mol. The SMILES string of the molecule is [2H]C([2H])([2H])Oc1cc(C(=O)O)ccc1NC(=O)[C@@H]1N[C@@H](CC(C)(C)C)[C@](C#N)(c2ccc(Cl)cc2F)[C@H]1c1cccc(Cl)c1F. The van der Waals surface area contributed by atoms with E-state index in [1.54, 1.807) is 0 Å². The summed E-state index contributed by atoms with van der Waals surface area (Å²) in [6, 6.07) is 11.0. The number of nitriles is 1. The van der Waals surface area contributed by atoms with Crippen molar-refractivity contribution in [1.82, 2.24) is 5.32 Å². The van der Waals surface area contributed by atoms with Gasteiger partial charge in [-0.2, -0.15) is 5.26 Å². The minimum Gasteiger partial charge on any atom is -0.495 e. The maximum absolute atomic E-state index is 15.9. The number of nitrogens with one attached hydrogen (secondary N) is 2. The third kappa shape index (κ3) is 5.80. The Hall–Kier alpha value is -3.71. The second-order valence-electron chi connectivity index (χ2n) is 11.3. The molecule has 0 aromatic heterocycles. The smallest absolute Gasteiger partial charge is 0.335 e. The molecule has 220 valence electrons. The van der Waals surface area contributed by atoms with E-state index < -0.39 is 65.1 Å². The summed E-state index contributed by atoms with van der Waals surface area (Å²) in [6.07, 6.45) is 0.228. The molecule has 4 rings (SSSR count). The van der Waals surface area contributed by atoms with Gasteiger partial charge in [0.2, 0.25) is 5.91 Å². The molecule has 3 N–H and O–H groups in total. The van der Waals surface area contributed by atoms with Gasteiger partial charge in [0, 0.05) is 22.5 Å². The molecule has 42 heavy (non-hydrogen) atoms. The van der Waals surface area contributed by atoms with Crippen LogP contribution in [0.25, 0.3) is 0 Å². The van der Waals surface area contributed by atoms with Crippen LogP contribution < -0.4 is 15.4 Å². The Morgan fingerprint density at radius 2 is 1.93 bits per heavy atom. The van der Waals surface area contributed by atoms with Gasteiger partial charge in [-0.3, -0.25) is 4.79 Å². The fourth-order valence-electron chi connectivity index (χ4n) is 5.61. The lowest BCUT2D eigenvalue weighted by molar-refractivity contribution is -0.118. The van der Waals surface area contributed by atoms with Gasteiger partial charge in [0.15, 0.2) is 0 Å². The Morgan fingerprint density at radius 1 is 1.19 bits per heavy atom. The number of carbonyl (C=O) groups excluding carboxylic acids is 1. The monoisotopic (exact) mass is 618 g/mol. The zero-order valence-corrected chi connectivity index (χ0v) is 24.3. The van der Waals surface area contributed by atoms with Crippen LogP contribution in [0.1, 0.15) is 58.7 Å². The lowest BCUT2D eigenvalue weighted by Gasteiger charge is -2.37. The summed E-state index contributed by atoms with van der Waals surface area (Å²) < 4.78 is 59.1. The Labute approximate surface area is 256 Å². The number of ether oxygens (including phenoxy) is 1. The van der Waals surface area contributed by atoms with Crippen LogP contribution in [0.5, 0.6) is 5.75 Å². The number of nitrogens with zero attached hydrogens (tertiary/aromatic N) is 1. The van der Waals surface area contributed by atoms with E-state index in [1.165, 1.54) is 30.3 Å². The van der Waals surface area contributed by atoms with Gasteiger partial charge in [0.05, 0.1) is 39.5 Å². The highest BCUT2D eigenvalue weighted by Gasteiger charge is 2.61. The van der Waals surface area contributed by atoms with Crippen molar-refractivity contribution in [2.45, 2.75) is 50.6 Å². The number of hydrogen-bond acceptors (Lipinski definition) is 5. The molecule has 0 bridgehead atoms. The molecule has 1 aliphatic rings. The third-order valence-corrected chi connectivity index (χ3v) is 7.85. The summed E-state index contributed by atoms with van der Waals surface area (Å²) >= 11 is 12.2. The van der Waals surface area contributed by atoms with E-state index in [-0.39, 0.29) is 38.8 Å². The Bertz CT molecular complexity index is 1690. The van der Waals surface area contributed by atoms with Gasteiger partial charge in [-0.25, -0.2) is 13.6 Å². The molecule has 0 spiro atoms. The molecule has 0 aliphatic carbocycles. The largest absolute Gasteiger partial charge is 0.495 e. The number of aromatic carboxylic acids is 1. The minimum absolute atomic E-state index is 0.0639. The first-order valence-corrected chi connectivity index (χ1v) is 13.6. The zero-order valence-electron chi connectivity index (χ0n) is 25.8. The van der Waals surface area contributed by atoms with Crippen molar-refractivity contribution in [3.63, 3.8) is 0 Å². The van der Waals surface area contributed by atoms with Crippen molar-refractivity contribution in [2.24, 2.45) is 5.41 Å². The van der Waals surface area contributed by atoms with Crippen molar-refractivity contribution in [3.8, 4) is 11.8 Å². The Morgan fingerprint density at radius 3 is 2.55 bits per heavy atom. The number of halogens is 4. The lowest BCUT2D eigenvalue weighted by Crippen LogP contribution is -2.45. The van der Waals surface area contributed by atoms with Gasteiger partial charge < -0.3 is 20.5 Å². The van der Waals surface area contributed by atoms with E-state index in [9.17, 15) is 20.0 Å². The lowest BCUT2D eigenvalue weighted by atomic mass is 9.62. The molecule has 1 aliphatic heterocycles. The molecule has 1 amide bonds. The third-order valence-electron chi connectivity index (χ3n) is 7.33. The van der Waals surface area contributed by atoms with Crippen LogP contribution in [0.4, 0.5) is 14.5 Å². The van der Waals surface area contributed by atoms with Gasteiger partial charge in [0.25, 0.3) is 0 Å². The fraction of sp³-hybridized carbons (Fsp3) is 0.323. The summed E-state index contributed by atoms with van der Waals surface area (Å²) in [5.74, 6) is -5.82. The second-order valence-corrected chi connectivity index (χ2v) is 12.1. The van der Waals surface area contributed by atoms with E-state index in [0.29, 0.717) is 0 Å². The summed E-state index contributed by atoms with van der Waals surface area (Å²) in [4.78, 5) is 25.7. The molecule has 0 saturated carbocycles. The summed E-state index contributed by atoms with van der Waals surface area (Å²) in [5.41, 5.74) is -3.13. The highest BCUT2D eigenvalue weighted by molar-refractivity contribution is 6.31. The quantitative estimate of drug-likeness (QED) is 0.264. The first kappa shape index (κ1) is 27.1. The normalized spacial score (nSPS) is 23.3. The van der Waals surface area contributed by atoms with Crippen LogP contribution >= 0.6 is 23.2 Å². The Kier molecular flexibility index (Phi) is 7.68. The summed E-state index contributed by atoms with van der Waals surface area (Å²) in [5, 5.41) is 25.8. The molecule has 3 aromatic carbocycles. The van der Waals surface area contributed by atoms with Crippen LogP contribution in [0.2, 0.25) is 10.0 Å². The molecule has 0 radical (unpaired) electrons. The van der Waals surface area contributed by atoms with Gasteiger partial charge in [-0.15, -0.1) is 0 Å². The number of benzene rings is 3. The molecule has 0 unspecified atom stereocenters. The number of amides is 1. The van der Waals surface area contributed by atoms with Crippen LogP contribution in [0.3, 0.4) is 0 Å². The number of rotatable bonds is 7. The molecule has 1 fully saturated rings. The fourth-order valence-corrected chi connectivity index (χ4v) is 5.95. The number of hydrogen-bond donors (Lipinski definition) is 3. The van der Waals surface area contributed by atoms with Crippen LogP contribution in [0, 0.1) is 28.4 Å². The van der Waals surface area contributed by atoms with Crippen molar-refractivity contribution in [1.29, 1.82) is 5.26 Å². The van der Waals surface area contributed by atoms with E-state index in [4.69, 9.17) is 32.1 Å². The highest BCUT2D eigenvalue weighted by atomic mass is 35.5. The van der Waals surface area contributed by atoms with Gasteiger partial charge >= 0.3 is 5.97 Å². The van der Waals surface area contributed by atoms with E-state index in [0.717, 1.165) is 24.3 Å². The maximum atomic E-state index is 15.9. The Balaban J connectivity index is 1.94. The average Bonchev–Trinajstić information content (AvgIpc) is 3.23. The number of carbonyl (C=O) groups is 2. The van der Waals surface area contributed by atoms with Crippen molar-refractivity contribution in [3.05, 3.63) is 93.0 Å². The van der Waals surface area contributed by atoms with E-state index in [1.807, 2.05) is 20.8 Å². The second kappa shape index (κ2) is 11.9.